The highest BCUT2D eigenvalue weighted by Gasteiger charge is 2.35. The minimum absolute atomic E-state index is 0.0712. The lowest BCUT2D eigenvalue weighted by molar-refractivity contribution is 0.0642. The second-order valence-electron chi connectivity index (χ2n) is 5.98. The van der Waals surface area contributed by atoms with E-state index in [0.29, 0.717) is 32.5 Å². The van der Waals surface area contributed by atoms with Crippen molar-refractivity contribution in [2.24, 2.45) is 0 Å². The van der Waals surface area contributed by atoms with E-state index in [1.54, 1.807) is 42.5 Å². The molecule has 0 radical (unpaired) electrons. The van der Waals surface area contributed by atoms with E-state index in [0.717, 1.165) is 0 Å². The number of halogens is 1. The van der Waals surface area contributed by atoms with Crippen LogP contribution in [0.3, 0.4) is 0 Å². The molecular formula is C20H17BrN2O4. The topological polar surface area (TPSA) is 75.7 Å². The molecule has 27 heavy (non-hydrogen) atoms. The van der Waals surface area contributed by atoms with Crippen LogP contribution in [0.15, 0.2) is 53.5 Å². The van der Waals surface area contributed by atoms with Crippen LogP contribution in [0.4, 0.5) is 0 Å². The highest BCUT2D eigenvalue weighted by atomic mass is 79.9. The second kappa shape index (κ2) is 7.75. The maximum atomic E-state index is 12.5. The fourth-order valence-corrected chi connectivity index (χ4v) is 3.01. The molecule has 3 amide bonds. The lowest BCUT2D eigenvalue weighted by Crippen LogP contribution is -2.29. The standard InChI is InChI=1S/C20H17BrN2O4/c1-12(21)10-22-18(24)16-9-13(7-8-17(16)27-2)11-23-19(25)14-5-3-4-6-15(14)20(23)26/h3-9H,1,10-11H2,2H3,(H,22,24). The first-order valence-electron chi connectivity index (χ1n) is 8.16. The van der Waals surface area contributed by atoms with Gasteiger partial charge in [-0.1, -0.05) is 40.7 Å². The molecule has 0 fully saturated rings. The van der Waals surface area contributed by atoms with Crippen molar-refractivity contribution in [3.63, 3.8) is 0 Å². The van der Waals surface area contributed by atoms with Gasteiger partial charge in [-0.3, -0.25) is 19.3 Å². The summed E-state index contributed by atoms with van der Waals surface area (Å²) in [6, 6.07) is 11.7. The summed E-state index contributed by atoms with van der Waals surface area (Å²) in [4.78, 5) is 38.6. The number of hydrogen-bond donors (Lipinski definition) is 1. The van der Waals surface area contributed by atoms with Gasteiger partial charge in [-0.2, -0.15) is 0 Å². The van der Waals surface area contributed by atoms with Gasteiger partial charge in [-0.05, 0) is 29.8 Å². The summed E-state index contributed by atoms with van der Waals surface area (Å²) in [7, 11) is 1.47. The number of nitrogens with zero attached hydrogens (tertiary/aromatic N) is 1. The Morgan fingerprint density at radius 2 is 1.78 bits per heavy atom. The molecule has 0 atom stereocenters. The largest absolute Gasteiger partial charge is 0.496 e. The Labute approximate surface area is 164 Å². The Morgan fingerprint density at radius 1 is 1.15 bits per heavy atom. The Hall–Kier alpha value is -2.93. The molecule has 6 nitrogen and oxygen atoms in total. The zero-order valence-electron chi connectivity index (χ0n) is 14.6. The number of rotatable bonds is 6. The Balaban J connectivity index is 1.85. The summed E-state index contributed by atoms with van der Waals surface area (Å²) in [5, 5.41) is 2.71. The van der Waals surface area contributed by atoms with Gasteiger partial charge in [0.1, 0.15) is 5.75 Å². The molecule has 1 aliphatic heterocycles. The van der Waals surface area contributed by atoms with Crippen LogP contribution in [0.5, 0.6) is 5.75 Å². The number of carbonyl (C=O) groups excluding carboxylic acids is 3. The van der Waals surface area contributed by atoms with Gasteiger partial charge in [0.05, 0.1) is 30.3 Å². The van der Waals surface area contributed by atoms with Gasteiger partial charge in [0.2, 0.25) is 0 Å². The number of methoxy groups -OCH3 is 1. The predicted octanol–water partition coefficient (Wildman–Crippen LogP) is 3.13. The zero-order chi connectivity index (χ0) is 19.6. The molecule has 0 bridgehead atoms. The minimum atomic E-state index is -0.340. The number of amides is 3. The molecule has 0 saturated carbocycles. The van der Waals surface area contributed by atoms with Crippen molar-refractivity contribution in [3.05, 3.63) is 75.8 Å². The molecule has 0 spiro atoms. The lowest BCUT2D eigenvalue weighted by Gasteiger charge is -2.16. The third-order valence-corrected chi connectivity index (χ3v) is 4.45. The number of nitrogens with one attached hydrogen (secondary N) is 1. The van der Waals surface area contributed by atoms with E-state index >= 15 is 0 Å². The first-order valence-corrected chi connectivity index (χ1v) is 8.95. The molecule has 0 aliphatic carbocycles. The first kappa shape index (κ1) is 18.8. The summed E-state index contributed by atoms with van der Waals surface area (Å²) in [5.41, 5.74) is 1.75. The van der Waals surface area contributed by atoms with Crippen LogP contribution in [0.2, 0.25) is 0 Å². The average Bonchev–Trinajstić information content (AvgIpc) is 2.91. The molecule has 0 unspecified atom stereocenters. The van der Waals surface area contributed by atoms with Gasteiger partial charge in [0.25, 0.3) is 17.7 Å². The van der Waals surface area contributed by atoms with Crippen LogP contribution in [0.1, 0.15) is 36.6 Å². The number of ether oxygens (including phenoxy) is 1. The van der Waals surface area contributed by atoms with Crippen molar-refractivity contribution in [2.75, 3.05) is 13.7 Å². The average molecular weight is 429 g/mol. The molecule has 1 N–H and O–H groups in total. The highest BCUT2D eigenvalue weighted by molar-refractivity contribution is 9.11. The van der Waals surface area contributed by atoms with Crippen LogP contribution in [0, 0.1) is 0 Å². The number of carbonyl (C=O) groups is 3. The number of fused-ring (bicyclic) bond motifs is 1. The summed E-state index contributed by atoms with van der Waals surface area (Å²) in [5.74, 6) is -0.614. The Bertz CT molecular complexity index is 920. The van der Waals surface area contributed by atoms with Gasteiger partial charge in [0, 0.05) is 11.0 Å². The van der Waals surface area contributed by atoms with E-state index < -0.39 is 0 Å². The van der Waals surface area contributed by atoms with E-state index in [4.69, 9.17) is 4.74 Å². The van der Waals surface area contributed by atoms with E-state index in [1.165, 1.54) is 12.0 Å². The van der Waals surface area contributed by atoms with E-state index in [1.807, 2.05) is 0 Å². The maximum absolute atomic E-state index is 12.5. The third kappa shape index (κ3) is 3.78. The van der Waals surface area contributed by atoms with Crippen LogP contribution >= 0.6 is 15.9 Å². The Morgan fingerprint density at radius 3 is 2.33 bits per heavy atom. The van der Waals surface area contributed by atoms with Crippen molar-refractivity contribution >= 4 is 33.7 Å². The molecule has 138 valence electrons. The van der Waals surface area contributed by atoms with Crippen molar-refractivity contribution in [1.29, 1.82) is 0 Å². The van der Waals surface area contributed by atoms with Gasteiger partial charge in [-0.15, -0.1) is 0 Å². The maximum Gasteiger partial charge on any atom is 0.261 e. The molecule has 0 aromatic heterocycles. The number of hydrogen-bond acceptors (Lipinski definition) is 4. The Kier molecular flexibility index (Phi) is 5.41. The molecule has 7 heteroatoms. The van der Waals surface area contributed by atoms with Crippen LogP contribution < -0.4 is 10.1 Å². The SMILES string of the molecule is C=C(Br)CNC(=O)c1cc(CN2C(=O)c3ccccc3C2=O)ccc1OC. The monoisotopic (exact) mass is 428 g/mol. The van der Waals surface area contributed by atoms with Gasteiger partial charge in [0.15, 0.2) is 0 Å². The smallest absolute Gasteiger partial charge is 0.261 e. The van der Waals surface area contributed by atoms with Crippen LogP contribution in [0.25, 0.3) is 0 Å². The predicted molar refractivity (Wildman–Crippen MR) is 104 cm³/mol. The molecule has 2 aromatic carbocycles. The normalized spacial score (nSPS) is 12.7. The summed E-state index contributed by atoms with van der Waals surface area (Å²) in [6.07, 6.45) is 0. The number of imide groups is 1. The first-order chi connectivity index (χ1) is 12.9. The van der Waals surface area contributed by atoms with Crippen molar-refractivity contribution in [2.45, 2.75) is 6.54 Å². The third-order valence-electron chi connectivity index (χ3n) is 4.17. The van der Waals surface area contributed by atoms with Gasteiger partial charge < -0.3 is 10.1 Å². The van der Waals surface area contributed by atoms with E-state index in [9.17, 15) is 14.4 Å². The molecule has 1 heterocycles. The number of benzene rings is 2. The van der Waals surface area contributed by atoms with Crippen LogP contribution in [-0.4, -0.2) is 36.3 Å². The highest BCUT2D eigenvalue weighted by Crippen LogP contribution is 2.26. The summed E-state index contributed by atoms with van der Waals surface area (Å²) < 4.78 is 5.88. The lowest BCUT2D eigenvalue weighted by atomic mass is 10.1. The quantitative estimate of drug-likeness (QED) is 0.717. The molecular weight excluding hydrogens is 412 g/mol. The molecule has 1 aliphatic rings. The fourth-order valence-electron chi connectivity index (χ4n) is 2.87. The van der Waals surface area contributed by atoms with E-state index in [-0.39, 0.29) is 30.8 Å². The zero-order valence-corrected chi connectivity index (χ0v) is 16.2. The molecule has 0 saturated heterocycles. The second-order valence-corrected chi connectivity index (χ2v) is 7.10. The van der Waals surface area contributed by atoms with Crippen LogP contribution in [-0.2, 0) is 6.54 Å². The van der Waals surface area contributed by atoms with Crippen molar-refractivity contribution in [3.8, 4) is 5.75 Å². The van der Waals surface area contributed by atoms with Gasteiger partial charge in [-0.25, -0.2) is 0 Å². The fraction of sp³-hybridized carbons (Fsp3) is 0.150. The molecule has 3 rings (SSSR count). The van der Waals surface area contributed by atoms with Crippen molar-refractivity contribution in [1.82, 2.24) is 10.2 Å². The van der Waals surface area contributed by atoms with E-state index in [2.05, 4.69) is 27.8 Å². The van der Waals surface area contributed by atoms with Gasteiger partial charge >= 0.3 is 0 Å². The molecule has 2 aromatic rings. The van der Waals surface area contributed by atoms with Crippen molar-refractivity contribution < 1.29 is 19.1 Å². The minimum Gasteiger partial charge on any atom is -0.496 e. The summed E-state index contributed by atoms with van der Waals surface area (Å²) >= 11 is 3.19. The summed E-state index contributed by atoms with van der Waals surface area (Å²) in [6.45, 7) is 4.01.